The van der Waals surface area contributed by atoms with Crippen molar-refractivity contribution in [1.82, 2.24) is 0 Å². The molecule has 21 heavy (non-hydrogen) atoms. The van der Waals surface area contributed by atoms with Crippen molar-refractivity contribution in [2.75, 3.05) is 18.6 Å². The van der Waals surface area contributed by atoms with Crippen LogP contribution in [0.25, 0.3) is 0 Å². The van der Waals surface area contributed by atoms with E-state index < -0.39 is 0 Å². The fourth-order valence-corrected chi connectivity index (χ4v) is 2.54. The molecule has 0 radical (unpaired) electrons. The molecule has 0 heterocycles. The van der Waals surface area contributed by atoms with Gasteiger partial charge in [-0.3, -0.25) is 0 Å². The third-order valence-electron chi connectivity index (χ3n) is 3.43. The minimum absolute atomic E-state index is 0.0125. The maximum absolute atomic E-state index is 9.80. The van der Waals surface area contributed by atoms with Gasteiger partial charge in [0.1, 0.15) is 0 Å². The molecule has 0 fully saturated rings. The van der Waals surface area contributed by atoms with E-state index in [1.807, 2.05) is 6.07 Å². The van der Waals surface area contributed by atoms with Crippen LogP contribution in [-0.2, 0) is 6.54 Å². The molecular weight excluding hydrogens is 286 g/mol. The summed E-state index contributed by atoms with van der Waals surface area (Å²) in [4.78, 5) is 2.25. The molecule has 0 unspecified atom stereocenters. The van der Waals surface area contributed by atoms with Crippen LogP contribution in [0, 0.1) is 6.92 Å². The lowest BCUT2D eigenvalue weighted by molar-refractivity contribution is 0.373. The number of halogens is 1. The quantitative estimate of drug-likeness (QED) is 0.889. The molecular formula is C17H20ClNO2. The van der Waals surface area contributed by atoms with Crippen LogP contribution in [0.5, 0.6) is 11.5 Å². The first-order chi connectivity index (χ1) is 10.0. The molecule has 0 aromatic heterocycles. The second-order valence-electron chi connectivity index (χ2n) is 4.98. The number of ether oxygens (including phenoxy) is 1. The molecule has 0 amide bonds. The number of nitrogens with zero attached hydrogens (tertiary/aromatic N) is 1. The molecule has 0 saturated heterocycles. The van der Waals surface area contributed by atoms with E-state index in [2.05, 4.69) is 43.0 Å². The number of methoxy groups -OCH3 is 1. The van der Waals surface area contributed by atoms with Crippen molar-refractivity contribution in [3.8, 4) is 11.5 Å². The van der Waals surface area contributed by atoms with Crippen LogP contribution in [-0.4, -0.2) is 18.8 Å². The van der Waals surface area contributed by atoms with Crippen molar-refractivity contribution in [2.45, 2.75) is 20.4 Å². The summed E-state index contributed by atoms with van der Waals surface area (Å²) < 4.78 is 5.15. The Balaban J connectivity index is 2.29. The molecule has 0 bridgehead atoms. The monoisotopic (exact) mass is 305 g/mol. The van der Waals surface area contributed by atoms with E-state index in [4.69, 9.17) is 16.3 Å². The van der Waals surface area contributed by atoms with Crippen LogP contribution in [0.3, 0.4) is 0 Å². The Labute approximate surface area is 130 Å². The van der Waals surface area contributed by atoms with E-state index in [1.54, 1.807) is 6.07 Å². The lowest BCUT2D eigenvalue weighted by Crippen LogP contribution is -2.22. The Morgan fingerprint density at radius 1 is 1.24 bits per heavy atom. The summed E-state index contributed by atoms with van der Waals surface area (Å²) in [5.41, 5.74) is 3.39. The predicted molar refractivity (Wildman–Crippen MR) is 87.6 cm³/mol. The van der Waals surface area contributed by atoms with Gasteiger partial charge in [0.2, 0.25) is 0 Å². The van der Waals surface area contributed by atoms with Gasteiger partial charge >= 0.3 is 0 Å². The fraction of sp³-hybridized carbons (Fsp3) is 0.294. The van der Waals surface area contributed by atoms with Crippen molar-refractivity contribution in [1.29, 1.82) is 0 Å². The zero-order valence-corrected chi connectivity index (χ0v) is 13.3. The molecule has 4 heteroatoms. The summed E-state index contributed by atoms with van der Waals surface area (Å²) in [6.45, 7) is 5.78. The number of phenolic OH excluding ortho intramolecular Hbond substituents is 1. The number of rotatable bonds is 5. The third-order valence-corrected chi connectivity index (χ3v) is 3.72. The van der Waals surface area contributed by atoms with Crippen molar-refractivity contribution in [2.24, 2.45) is 0 Å². The van der Waals surface area contributed by atoms with Crippen molar-refractivity contribution < 1.29 is 9.84 Å². The zero-order chi connectivity index (χ0) is 15.4. The summed E-state index contributed by atoms with van der Waals surface area (Å²) in [6, 6.07) is 12.0. The van der Waals surface area contributed by atoms with Crippen molar-refractivity contribution in [3.05, 3.63) is 52.5 Å². The average molecular weight is 306 g/mol. The van der Waals surface area contributed by atoms with Gasteiger partial charge in [0, 0.05) is 18.8 Å². The van der Waals surface area contributed by atoms with E-state index in [-0.39, 0.29) is 5.75 Å². The van der Waals surface area contributed by atoms with Gasteiger partial charge in [-0.05, 0) is 49.2 Å². The minimum atomic E-state index is -0.0125. The Kier molecular flexibility index (Phi) is 4.97. The number of aromatic hydroxyl groups is 1. The van der Waals surface area contributed by atoms with E-state index in [9.17, 15) is 5.11 Å². The second-order valence-corrected chi connectivity index (χ2v) is 5.39. The zero-order valence-electron chi connectivity index (χ0n) is 12.6. The van der Waals surface area contributed by atoms with Crippen molar-refractivity contribution in [3.63, 3.8) is 0 Å². The minimum Gasteiger partial charge on any atom is -0.503 e. The number of phenols is 1. The normalized spacial score (nSPS) is 10.5. The summed E-state index contributed by atoms with van der Waals surface area (Å²) >= 11 is 6.05. The van der Waals surface area contributed by atoms with Gasteiger partial charge in [0.05, 0.1) is 12.1 Å². The lowest BCUT2D eigenvalue weighted by Gasteiger charge is -2.24. The Bertz CT molecular complexity index is 628. The molecule has 0 aliphatic heterocycles. The fourth-order valence-electron chi connectivity index (χ4n) is 2.30. The van der Waals surface area contributed by atoms with Gasteiger partial charge < -0.3 is 14.7 Å². The molecule has 0 aliphatic rings. The number of anilines is 1. The summed E-state index contributed by atoms with van der Waals surface area (Å²) in [7, 11) is 1.52. The Hall–Kier alpha value is -1.87. The van der Waals surface area contributed by atoms with Crippen LogP contribution in [0.15, 0.2) is 36.4 Å². The first-order valence-corrected chi connectivity index (χ1v) is 7.30. The largest absolute Gasteiger partial charge is 0.503 e. The molecule has 112 valence electrons. The summed E-state index contributed by atoms with van der Waals surface area (Å²) in [5.74, 6) is 0.388. The van der Waals surface area contributed by atoms with Crippen molar-refractivity contribution >= 4 is 17.3 Å². The van der Waals surface area contributed by atoms with Gasteiger partial charge in [0.25, 0.3) is 0 Å². The number of hydrogen-bond acceptors (Lipinski definition) is 3. The van der Waals surface area contributed by atoms with E-state index in [0.29, 0.717) is 17.3 Å². The second kappa shape index (κ2) is 6.72. The highest BCUT2D eigenvalue weighted by Crippen LogP contribution is 2.35. The van der Waals surface area contributed by atoms with E-state index in [0.717, 1.165) is 12.1 Å². The predicted octanol–water partition coefficient (Wildman–Crippen LogP) is 4.39. The Morgan fingerprint density at radius 2 is 2.00 bits per heavy atom. The average Bonchev–Trinajstić information content (AvgIpc) is 2.48. The maximum atomic E-state index is 9.80. The van der Waals surface area contributed by atoms with Crippen LogP contribution in [0.4, 0.5) is 5.69 Å². The smallest absolute Gasteiger partial charge is 0.176 e. The third kappa shape index (κ3) is 3.61. The summed E-state index contributed by atoms with van der Waals surface area (Å²) in [5, 5.41) is 10.1. The number of benzene rings is 2. The molecule has 0 aliphatic carbocycles. The van der Waals surface area contributed by atoms with E-state index >= 15 is 0 Å². The van der Waals surface area contributed by atoms with E-state index in [1.165, 1.54) is 18.4 Å². The SMILES string of the molecule is CCN(Cc1cc(Cl)c(O)c(OC)c1)c1cccc(C)c1. The van der Waals surface area contributed by atoms with Crippen LogP contribution in [0.2, 0.25) is 5.02 Å². The molecule has 0 spiro atoms. The molecule has 2 aromatic rings. The van der Waals surface area contributed by atoms with Crippen LogP contribution >= 0.6 is 11.6 Å². The molecule has 2 aromatic carbocycles. The molecule has 3 nitrogen and oxygen atoms in total. The van der Waals surface area contributed by atoms with Crippen LogP contribution < -0.4 is 9.64 Å². The molecule has 0 atom stereocenters. The lowest BCUT2D eigenvalue weighted by atomic mass is 10.1. The summed E-state index contributed by atoms with van der Waals surface area (Å²) in [6.07, 6.45) is 0. The van der Waals surface area contributed by atoms with Gasteiger partial charge in [-0.15, -0.1) is 0 Å². The first-order valence-electron chi connectivity index (χ1n) is 6.92. The van der Waals surface area contributed by atoms with Gasteiger partial charge in [-0.25, -0.2) is 0 Å². The van der Waals surface area contributed by atoms with Crippen LogP contribution in [0.1, 0.15) is 18.1 Å². The van der Waals surface area contributed by atoms with Gasteiger partial charge in [-0.2, -0.15) is 0 Å². The molecule has 0 saturated carbocycles. The molecule has 1 N–H and O–H groups in total. The topological polar surface area (TPSA) is 32.7 Å². The van der Waals surface area contributed by atoms with Gasteiger partial charge in [-0.1, -0.05) is 23.7 Å². The highest BCUT2D eigenvalue weighted by molar-refractivity contribution is 6.32. The first kappa shape index (κ1) is 15.5. The standard InChI is InChI=1S/C17H20ClNO2/c1-4-19(14-7-5-6-12(2)8-14)11-13-9-15(18)17(20)16(10-13)21-3/h5-10,20H,4,11H2,1-3H3. The Morgan fingerprint density at radius 3 is 2.62 bits per heavy atom. The maximum Gasteiger partial charge on any atom is 0.176 e. The molecule has 2 rings (SSSR count). The number of aryl methyl sites for hydroxylation is 1. The van der Waals surface area contributed by atoms with Gasteiger partial charge in [0.15, 0.2) is 11.5 Å². The highest BCUT2D eigenvalue weighted by atomic mass is 35.5. The highest BCUT2D eigenvalue weighted by Gasteiger charge is 2.12. The number of hydrogen-bond donors (Lipinski definition) is 1.